The molecule has 0 saturated carbocycles. The Hall–Kier alpha value is -1.80. The second-order valence-corrected chi connectivity index (χ2v) is 4.71. The Morgan fingerprint density at radius 2 is 1.90 bits per heavy atom. The fraction of sp³-hybridized carbons (Fsp3) is 0.417. The number of rotatable bonds is 3. The molecule has 0 spiro atoms. The Morgan fingerprint density at radius 1 is 1.30 bits per heavy atom. The minimum absolute atomic E-state index is 0.0759. The van der Waals surface area contributed by atoms with Gasteiger partial charge in [-0.25, -0.2) is 4.79 Å². The zero-order chi connectivity index (χ0) is 14.8. The minimum Gasteiger partial charge on any atom is -0.385 e. The van der Waals surface area contributed by atoms with Crippen molar-refractivity contribution in [2.24, 2.45) is 0 Å². The molecular weight excluding hydrogens is 275 g/mol. The van der Waals surface area contributed by atoms with Gasteiger partial charge >= 0.3 is 12.2 Å². The van der Waals surface area contributed by atoms with Crippen LogP contribution in [0.4, 0.5) is 23.7 Å². The third-order valence-electron chi connectivity index (χ3n) is 2.96. The molecule has 1 aromatic rings. The molecule has 1 saturated heterocycles. The number of aliphatic hydroxyl groups is 1. The summed E-state index contributed by atoms with van der Waals surface area (Å²) >= 11 is 0. The SMILES string of the molecule is O=C(NCC1(O)CNC1)Nc1ccc(C(F)(F)F)cc1. The van der Waals surface area contributed by atoms with Crippen LogP contribution in [0.5, 0.6) is 0 Å². The van der Waals surface area contributed by atoms with E-state index in [1.807, 2.05) is 0 Å². The largest absolute Gasteiger partial charge is 0.416 e. The van der Waals surface area contributed by atoms with E-state index in [1.54, 1.807) is 0 Å². The molecular formula is C12H14F3N3O2. The lowest BCUT2D eigenvalue weighted by Crippen LogP contribution is -2.64. The third kappa shape index (κ3) is 3.61. The van der Waals surface area contributed by atoms with Crippen molar-refractivity contribution in [3.8, 4) is 0 Å². The summed E-state index contributed by atoms with van der Waals surface area (Å²) in [6.07, 6.45) is -4.40. The summed E-state index contributed by atoms with van der Waals surface area (Å²) in [5, 5.41) is 17.4. The first-order valence-electron chi connectivity index (χ1n) is 5.94. The molecule has 110 valence electrons. The van der Waals surface area contributed by atoms with Gasteiger partial charge in [0.05, 0.1) is 12.1 Å². The van der Waals surface area contributed by atoms with E-state index >= 15 is 0 Å². The van der Waals surface area contributed by atoms with Crippen LogP contribution in [0.3, 0.4) is 0 Å². The number of anilines is 1. The van der Waals surface area contributed by atoms with E-state index in [1.165, 1.54) is 12.1 Å². The summed E-state index contributed by atoms with van der Waals surface area (Å²) in [4.78, 5) is 11.5. The smallest absolute Gasteiger partial charge is 0.385 e. The van der Waals surface area contributed by atoms with Crippen LogP contribution >= 0.6 is 0 Å². The van der Waals surface area contributed by atoms with Crippen LogP contribution in [-0.4, -0.2) is 36.4 Å². The zero-order valence-corrected chi connectivity index (χ0v) is 10.4. The van der Waals surface area contributed by atoms with Crippen LogP contribution in [0.2, 0.25) is 0 Å². The number of halogens is 3. The van der Waals surface area contributed by atoms with Gasteiger partial charge in [-0.2, -0.15) is 13.2 Å². The van der Waals surface area contributed by atoms with Crippen molar-refractivity contribution >= 4 is 11.7 Å². The number of carbonyl (C=O) groups is 1. The van der Waals surface area contributed by atoms with Gasteiger partial charge in [0.1, 0.15) is 5.60 Å². The molecule has 1 aliphatic heterocycles. The fourth-order valence-corrected chi connectivity index (χ4v) is 1.70. The lowest BCUT2D eigenvalue weighted by Gasteiger charge is -2.37. The number of hydrogen-bond donors (Lipinski definition) is 4. The normalized spacial score (nSPS) is 17.2. The molecule has 20 heavy (non-hydrogen) atoms. The molecule has 0 atom stereocenters. The number of benzene rings is 1. The van der Waals surface area contributed by atoms with E-state index in [0.29, 0.717) is 13.1 Å². The standard InChI is InChI=1S/C12H14F3N3O2/c13-12(14,15)8-1-3-9(4-2-8)18-10(19)17-7-11(20)5-16-6-11/h1-4,16,20H,5-7H2,(H2,17,18,19). The van der Waals surface area contributed by atoms with E-state index < -0.39 is 23.4 Å². The minimum atomic E-state index is -4.40. The molecule has 0 bridgehead atoms. The third-order valence-corrected chi connectivity index (χ3v) is 2.96. The highest BCUT2D eigenvalue weighted by Crippen LogP contribution is 2.29. The molecule has 0 aliphatic carbocycles. The molecule has 4 N–H and O–H groups in total. The highest BCUT2D eigenvalue weighted by Gasteiger charge is 2.34. The molecule has 1 fully saturated rings. The second kappa shape index (κ2) is 5.29. The van der Waals surface area contributed by atoms with E-state index in [4.69, 9.17) is 0 Å². The van der Waals surface area contributed by atoms with Crippen molar-refractivity contribution in [3.63, 3.8) is 0 Å². The Kier molecular flexibility index (Phi) is 3.87. The van der Waals surface area contributed by atoms with E-state index in [0.717, 1.165) is 12.1 Å². The molecule has 0 unspecified atom stereocenters. The molecule has 1 heterocycles. The van der Waals surface area contributed by atoms with Gasteiger partial charge in [0.25, 0.3) is 0 Å². The van der Waals surface area contributed by atoms with Gasteiger partial charge < -0.3 is 21.1 Å². The summed E-state index contributed by atoms with van der Waals surface area (Å²) in [5.41, 5.74) is -1.48. The number of urea groups is 1. The molecule has 1 aromatic carbocycles. The van der Waals surface area contributed by atoms with Gasteiger partial charge in [-0.15, -0.1) is 0 Å². The summed E-state index contributed by atoms with van der Waals surface area (Å²) in [7, 11) is 0. The molecule has 8 heteroatoms. The Labute approximate surface area is 113 Å². The summed E-state index contributed by atoms with van der Waals surface area (Å²) in [6.45, 7) is 0.869. The summed E-state index contributed by atoms with van der Waals surface area (Å²) < 4.78 is 37.0. The number of hydrogen-bond acceptors (Lipinski definition) is 3. The number of nitrogens with one attached hydrogen (secondary N) is 3. The van der Waals surface area contributed by atoms with Gasteiger partial charge in [-0.1, -0.05) is 0 Å². The Bertz CT molecular complexity index is 484. The Balaban J connectivity index is 1.85. The molecule has 0 radical (unpaired) electrons. The topological polar surface area (TPSA) is 73.4 Å². The first kappa shape index (κ1) is 14.6. The fourth-order valence-electron chi connectivity index (χ4n) is 1.70. The maximum absolute atomic E-state index is 12.3. The monoisotopic (exact) mass is 289 g/mol. The van der Waals surface area contributed by atoms with E-state index in [2.05, 4.69) is 16.0 Å². The van der Waals surface area contributed by atoms with Gasteiger partial charge in [0.2, 0.25) is 0 Å². The highest BCUT2D eigenvalue weighted by molar-refractivity contribution is 5.89. The van der Waals surface area contributed by atoms with Crippen molar-refractivity contribution < 1.29 is 23.1 Å². The average molecular weight is 289 g/mol. The first-order valence-corrected chi connectivity index (χ1v) is 5.94. The Morgan fingerprint density at radius 3 is 2.35 bits per heavy atom. The molecule has 5 nitrogen and oxygen atoms in total. The van der Waals surface area contributed by atoms with Gasteiger partial charge in [0.15, 0.2) is 0 Å². The van der Waals surface area contributed by atoms with Gasteiger partial charge in [-0.05, 0) is 24.3 Å². The first-order chi connectivity index (χ1) is 9.28. The lowest BCUT2D eigenvalue weighted by molar-refractivity contribution is -0.137. The molecule has 2 amide bonds. The van der Waals surface area contributed by atoms with Crippen molar-refractivity contribution in [2.45, 2.75) is 11.8 Å². The number of amides is 2. The lowest BCUT2D eigenvalue weighted by atomic mass is 9.98. The van der Waals surface area contributed by atoms with Crippen LogP contribution in [0.15, 0.2) is 24.3 Å². The number of β-amino-alcohol motifs (C(OH)–C–C–N with tert-alkyl or cyclic N) is 1. The van der Waals surface area contributed by atoms with E-state index in [-0.39, 0.29) is 12.2 Å². The van der Waals surface area contributed by atoms with Crippen LogP contribution in [0.25, 0.3) is 0 Å². The molecule has 0 aromatic heterocycles. The predicted octanol–water partition coefficient (Wildman–Crippen LogP) is 1.16. The molecule has 2 rings (SSSR count). The van der Waals surface area contributed by atoms with E-state index in [9.17, 15) is 23.1 Å². The average Bonchev–Trinajstić information content (AvgIpc) is 2.33. The maximum Gasteiger partial charge on any atom is 0.416 e. The van der Waals surface area contributed by atoms with Gasteiger partial charge in [-0.3, -0.25) is 0 Å². The molecule has 1 aliphatic rings. The summed E-state index contributed by atoms with van der Waals surface area (Å²) in [6, 6.07) is 3.53. The highest BCUT2D eigenvalue weighted by atomic mass is 19.4. The number of alkyl halides is 3. The van der Waals surface area contributed by atoms with Crippen LogP contribution in [0, 0.1) is 0 Å². The maximum atomic E-state index is 12.3. The predicted molar refractivity (Wildman–Crippen MR) is 66.3 cm³/mol. The van der Waals surface area contributed by atoms with Crippen molar-refractivity contribution in [1.82, 2.24) is 10.6 Å². The zero-order valence-electron chi connectivity index (χ0n) is 10.4. The van der Waals surface area contributed by atoms with Crippen molar-refractivity contribution in [2.75, 3.05) is 25.0 Å². The number of carbonyl (C=O) groups excluding carboxylic acids is 1. The van der Waals surface area contributed by atoms with Crippen LogP contribution in [0.1, 0.15) is 5.56 Å². The summed E-state index contributed by atoms with van der Waals surface area (Å²) in [5.74, 6) is 0. The van der Waals surface area contributed by atoms with Gasteiger partial charge in [0, 0.05) is 18.8 Å². The quantitative estimate of drug-likeness (QED) is 0.675. The van der Waals surface area contributed by atoms with Crippen LogP contribution < -0.4 is 16.0 Å². The van der Waals surface area contributed by atoms with Crippen molar-refractivity contribution in [1.29, 1.82) is 0 Å². The second-order valence-electron chi connectivity index (χ2n) is 4.71. The van der Waals surface area contributed by atoms with Crippen molar-refractivity contribution in [3.05, 3.63) is 29.8 Å². The van der Waals surface area contributed by atoms with Crippen LogP contribution in [-0.2, 0) is 6.18 Å².